The fourth-order valence-corrected chi connectivity index (χ4v) is 5.02. The lowest BCUT2D eigenvalue weighted by Gasteiger charge is -2.22. The van der Waals surface area contributed by atoms with Crippen molar-refractivity contribution in [3.63, 3.8) is 0 Å². The summed E-state index contributed by atoms with van der Waals surface area (Å²) in [5.74, 6) is -1.08. The third-order valence-corrected chi connectivity index (χ3v) is 6.78. The van der Waals surface area contributed by atoms with Gasteiger partial charge in [0.05, 0.1) is 28.3 Å². The summed E-state index contributed by atoms with van der Waals surface area (Å²) in [5, 5.41) is 14.0. The number of nitrogens with one attached hydrogen (secondary N) is 2. The van der Waals surface area contributed by atoms with Gasteiger partial charge in [-0.3, -0.25) is 14.8 Å². The molecule has 1 aliphatic carbocycles. The Kier molecular flexibility index (Phi) is 4.78. The molecule has 1 saturated carbocycles. The molecule has 3 aromatic heterocycles. The van der Waals surface area contributed by atoms with Crippen LogP contribution in [0, 0.1) is 0 Å². The molecule has 0 bridgehead atoms. The van der Waals surface area contributed by atoms with Gasteiger partial charge in [0.15, 0.2) is 5.65 Å². The molecule has 2 fully saturated rings. The van der Waals surface area contributed by atoms with Crippen molar-refractivity contribution in [1.29, 1.82) is 0 Å². The fraction of sp³-hybridized carbons (Fsp3) is 0.318. The van der Waals surface area contributed by atoms with Crippen LogP contribution in [0.4, 0.5) is 18.0 Å². The topological polar surface area (TPSA) is 106 Å². The van der Waals surface area contributed by atoms with Crippen molar-refractivity contribution in [1.82, 2.24) is 35.0 Å². The number of alkyl halides is 3. The summed E-state index contributed by atoms with van der Waals surface area (Å²) in [4.78, 5) is 28.2. The van der Waals surface area contributed by atoms with Crippen LogP contribution in [-0.2, 0) is 11.3 Å². The maximum atomic E-state index is 13.0. The van der Waals surface area contributed by atoms with Gasteiger partial charge < -0.3 is 5.32 Å². The molecule has 1 unspecified atom stereocenters. The monoisotopic (exact) mass is 503 g/mol. The molecule has 4 heterocycles. The molecule has 2 aliphatic rings. The van der Waals surface area contributed by atoms with E-state index >= 15 is 0 Å². The summed E-state index contributed by atoms with van der Waals surface area (Å²) in [6.07, 6.45) is 0.948. The summed E-state index contributed by atoms with van der Waals surface area (Å²) < 4.78 is 41.5. The normalized spacial score (nSPS) is 22.5. The van der Waals surface area contributed by atoms with Crippen molar-refractivity contribution < 1.29 is 22.8 Å². The van der Waals surface area contributed by atoms with Gasteiger partial charge >= 0.3 is 12.2 Å². The summed E-state index contributed by atoms with van der Waals surface area (Å²) in [7, 11) is 0. The highest BCUT2D eigenvalue weighted by Gasteiger charge is 2.42. The van der Waals surface area contributed by atoms with E-state index in [1.54, 1.807) is 29.0 Å². The van der Waals surface area contributed by atoms with E-state index in [9.17, 15) is 22.8 Å². The Morgan fingerprint density at radius 2 is 2.00 bits per heavy atom. The van der Waals surface area contributed by atoms with Gasteiger partial charge in [0.1, 0.15) is 6.54 Å². The van der Waals surface area contributed by atoms with E-state index in [1.165, 1.54) is 6.20 Å². The molecule has 3 amide bonds. The molecule has 180 valence electrons. The first-order valence-electron chi connectivity index (χ1n) is 10.8. The SMILES string of the molecule is O=C1NCC(c2cc([C@H]3C[C@@H]3c3cc(Cl)c4cnn(CC(F)(F)F)c4c3)c3nccn3n2)C(=O)N1. The Morgan fingerprint density at radius 1 is 1.17 bits per heavy atom. The number of hydrogen-bond acceptors (Lipinski definition) is 5. The fourth-order valence-electron chi connectivity index (χ4n) is 4.75. The van der Waals surface area contributed by atoms with E-state index in [2.05, 4.69) is 25.8 Å². The van der Waals surface area contributed by atoms with Crippen molar-refractivity contribution in [2.45, 2.75) is 36.9 Å². The third kappa shape index (κ3) is 3.87. The molecule has 1 saturated heterocycles. The number of imide groups is 1. The van der Waals surface area contributed by atoms with Gasteiger partial charge in [-0.1, -0.05) is 11.6 Å². The number of carbonyl (C=O) groups excluding carboxylic acids is 2. The number of urea groups is 1. The van der Waals surface area contributed by atoms with Gasteiger partial charge in [-0.15, -0.1) is 0 Å². The number of halogens is 4. The van der Waals surface area contributed by atoms with Crippen LogP contribution in [0.3, 0.4) is 0 Å². The van der Waals surface area contributed by atoms with Crippen LogP contribution in [-0.4, -0.2) is 49.0 Å². The van der Waals surface area contributed by atoms with Crippen molar-refractivity contribution in [2.24, 2.45) is 0 Å². The molecular formula is C22H17ClF3N7O2. The summed E-state index contributed by atoms with van der Waals surface area (Å²) >= 11 is 6.40. The smallest absolute Gasteiger partial charge is 0.337 e. The van der Waals surface area contributed by atoms with Crippen molar-refractivity contribution in [3.05, 3.63) is 58.6 Å². The van der Waals surface area contributed by atoms with Crippen LogP contribution >= 0.6 is 11.6 Å². The number of benzene rings is 1. The molecule has 0 spiro atoms. The van der Waals surface area contributed by atoms with Crippen LogP contribution in [0.5, 0.6) is 0 Å². The van der Waals surface area contributed by atoms with Crippen molar-refractivity contribution in [3.8, 4) is 0 Å². The molecule has 1 aliphatic heterocycles. The predicted molar refractivity (Wildman–Crippen MR) is 118 cm³/mol. The lowest BCUT2D eigenvalue weighted by Crippen LogP contribution is -2.51. The van der Waals surface area contributed by atoms with E-state index in [4.69, 9.17) is 11.6 Å². The second kappa shape index (κ2) is 7.67. The van der Waals surface area contributed by atoms with Crippen LogP contribution in [0.15, 0.2) is 36.8 Å². The first-order valence-corrected chi connectivity index (χ1v) is 11.2. The van der Waals surface area contributed by atoms with E-state index in [0.717, 1.165) is 22.2 Å². The minimum Gasteiger partial charge on any atom is -0.337 e. The average molecular weight is 504 g/mol. The lowest BCUT2D eigenvalue weighted by atomic mass is 9.99. The molecule has 13 heteroatoms. The van der Waals surface area contributed by atoms with E-state index in [1.807, 2.05) is 6.07 Å². The highest BCUT2D eigenvalue weighted by molar-refractivity contribution is 6.35. The van der Waals surface area contributed by atoms with Gasteiger partial charge in [-0.2, -0.15) is 23.4 Å². The van der Waals surface area contributed by atoms with Crippen LogP contribution in [0.25, 0.3) is 16.6 Å². The minimum absolute atomic E-state index is 0.00164. The highest BCUT2D eigenvalue weighted by Crippen LogP contribution is 2.56. The number of carbonyl (C=O) groups is 2. The number of aromatic nitrogens is 5. The first kappa shape index (κ1) is 21.8. The Balaban J connectivity index is 1.36. The number of hydrogen-bond donors (Lipinski definition) is 2. The second-order valence-corrected chi connectivity index (χ2v) is 9.18. The molecule has 9 nitrogen and oxygen atoms in total. The molecule has 1 aromatic carbocycles. The highest BCUT2D eigenvalue weighted by atomic mass is 35.5. The quantitative estimate of drug-likeness (QED) is 0.443. The molecule has 2 N–H and O–H groups in total. The standard InChI is InChI=1S/C22H17ClF3N7O2/c23-16-3-10(4-18-14(16)8-29-33(18)9-22(24,25)26)11-5-12(11)13-6-17(31-32-2-1-27-19(13)32)15-7-28-21(35)30-20(15)34/h1-4,6,8,11-12,15H,5,7,9H2,(H2,28,30,34,35)/t11-,12+,15?/m1/s1. The Labute approximate surface area is 200 Å². The first-order chi connectivity index (χ1) is 16.7. The average Bonchev–Trinajstić information content (AvgIpc) is 3.26. The van der Waals surface area contributed by atoms with Crippen molar-refractivity contribution in [2.75, 3.05) is 6.54 Å². The lowest BCUT2D eigenvalue weighted by molar-refractivity contribution is -0.141. The van der Waals surface area contributed by atoms with Gasteiger partial charge in [-0.25, -0.2) is 14.3 Å². The number of amides is 3. The summed E-state index contributed by atoms with van der Waals surface area (Å²) in [6, 6.07) is 4.75. The molecule has 35 heavy (non-hydrogen) atoms. The maximum Gasteiger partial charge on any atom is 0.408 e. The number of imidazole rings is 1. The maximum absolute atomic E-state index is 13.0. The van der Waals surface area contributed by atoms with Crippen LogP contribution in [0.1, 0.15) is 41.0 Å². The summed E-state index contributed by atoms with van der Waals surface area (Å²) in [6.45, 7) is -1.08. The van der Waals surface area contributed by atoms with Crippen LogP contribution < -0.4 is 10.6 Å². The van der Waals surface area contributed by atoms with Gasteiger partial charge in [0, 0.05) is 29.9 Å². The van der Waals surface area contributed by atoms with Gasteiger partial charge in [0.25, 0.3) is 0 Å². The zero-order chi connectivity index (χ0) is 24.5. The zero-order valence-corrected chi connectivity index (χ0v) is 18.6. The van der Waals surface area contributed by atoms with E-state index < -0.39 is 30.6 Å². The third-order valence-electron chi connectivity index (χ3n) is 6.46. The summed E-state index contributed by atoms with van der Waals surface area (Å²) in [5.41, 5.74) is 3.13. The van der Waals surface area contributed by atoms with Gasteiger partial charge in [-0.05, 0) is 42.0 Å². The van der Waals surface area contributed by atoms with E-state index in [-0.39, 0.29) is 18.4 Å². The molecule has 0 radical (unpaired) electrons. The molecule has 4 aromatic rings. The zero-order valence-electron chi connectivity index (χ0n) is 17.9. The molecule has 3 atom stereocenters. The Morgan fingerprint density at radius 3 is 2.77 bits per heavy atom. The predicted octanol–water partition coefficient (Wildman–Crippen LogP) is 3.49. The number of nitrogens with zero attached hydrogens (tertiary/aromatic N) is 5. The largest absolute Gasteiger partial charge is 0.408 e. The molecule has 6 rings (SSSR count). The van der Waals surface area contributed by atoms with E-state index in [0.29, 0.717) is 27.3 Å². The Hall–Kier alpha value is -3.67. The minimum atomic E-state index is -4.41. The number of rotatable bonds is 4. The molecular weight excluding hydrogens is 487 g/mol. The second-order valence-electron chi connectivity index (χ2n) is 8.77. The van der Waals surface area contributed by atoms with Crippen molar-refractivity contribution >= 4 is 40.1 Å². The van der Waals surface area contributed by atoms with Gasteiger partial charge in [0.2, 0.25) is 5.91 Å². The van der Waals surface area contributed by atoms with Crippen LogP contribution in [0.2, 0.25) is 5.02 Å². The number of fused-ring (bicyclic) bond motifs is 2. The Bertz CT molecular complexity index is 1510.